The molecule has 0 aliphatic rings. The number of esters is 1. The molecular weight excluding hydrogens is 353 g/mol. The van der Waals surface area contributed by atoms with Crippen molar-refractivity contribution in [2.24, 2.45) is 0 Å². The Labute approximate surface area is 153 Å². The highest BCUT2D eigenvalue weighted by atomic mass is 19.1. The molecule has 8 heteroatoms. The molecule has 1 amide bonds. The second-order valence-corrected chi connectivity index (χ2v) is 5.83. The summed E-state index contributed by atoms with van der Waals surface area (Å²) in [7, 11) is 0. The Morgan fingerprint density at radius 1 is 1.22 bits per heavy atom. The van der Waals surface area contributed by atoms with Crippen molar-refractivity contribution in [3.63, 3.8) is 0 Å². The van der Waals surface area contributed by atoms with Gasteiger partial charge in [0.15, 0.2) is 6.10 Å². The van der Waals surface area contributed by atoms with Crippen LogP contribution >= 0.6 is 0 Å². The summed E-state index contributed by atoms with van der Waals surface area (Å²) >= 11 is 0. The lowest BCUT2D eigenvalue weighted by Crippen LogP contribution is -2.33. The van der Waals surface area contributed by atoms with Crippen LogP contribution in [0.4, 0.5) is 10.1 Å². The van der Waals surface area contributed by atoms with E-state index in [0.29, 0.717) is 10.9 Å². The maximum Gasteiger partial charge on any atom is 0.326 e. The first kappa shape index (κ1) is 18.2. The van der Waals surface area contributed by atoms with Gasteiger partial charge in [-0.1, -0.05) is 18.2 Å². The van der Waals surface area contributed by atoms with E-state index in [0.717, 1.165) is 10.6 Å². The number of aromatic nitrogens is 2. The molecule has 0 saturated heterocycles. The van der Waals surface area contributed by atoms with E-state index in [-0.39, 0.29) is 17.8 Å². The number of rotatable bonds is 5. The third-order valence-electron chi connectivity index (χ3n) is 3.80. The molecule has 0 aliphatic carbocycles. The van der Waals surface area contributed by atoms with Gasteiger partial charge in [0.25, 0.3) is 11.5 Å². The van der Waals surface area contributed by atoms with E-state index in [4.69, 9.17) is 4.74 Å². The zero-order chi connectivity index (χ0) is 19.4. The quantitative estimate of drug-likeness (QED) is 0.696. The van der Waals surface area contributed by atoms with Gasteiger partial charge in [-0.3, -0.25) is 19.0 Å². The number of anilines is 1. The van der Waals surface area contributed by atoms with Crippen molar-refractivity contribution in [3.8, 4) is 0 Å². The zero-order valence-corrected chi connectivity index (χ0v) is 14.4. The number of fused-ring (bicyclic) bond motifs is 1. The van der Waals surface area contributed by atoms with Crippen molar-refractivity contribution < 1.29 is 18.7 Å². The molecule has 0 saturated carbocycles. The van der Waals surface area contributed by atoms with Crippen molar-refractivity contribution in [3.05, 3.63) is 71.0 Å². The van der Waals surface area contributed by atoms with Crippen LogP contribution in [-0.2, 0) is 20.9 Å². The highest BCUT2D eigenvalue weighted by Gasteiger charge is 2.19. The van der Waals surface area contributed by atoms with Crippen LogP contribution in [0.2, 0.25) is 0 Å². The Hall–Kier alpha value is -3.55. The first-order chi connectivity index (χ1) is 12.9. The summed E-state index contributed by atoms with van der Waals surface area (Å²) in [6.07, 6.45) is 0.133. The minimum atomic E-state index is -1.12. The van der Waals surface area contributed by atoms with E-state index >= 15 is 0 Å². The molecule has 0 unspecified atom stereocenters. The van der Waals surface area contributed by atoms with E-state index in [2.05, 4.69) is 10.3 Å². The molecule has 0 fully saturated rings. The van der Waals surface area contributed by atoms with E-state index in [1.807, 2.05) is 0 Å². The van der Waals surface area contributed by atoms with Crippen LogP contribution in [-0.4, -0.2) is 27.5 Å². The van der Waals surface area contributed by atoms with Gasteiger partial charge < -0.3 is 10.1 Å². The topological polar surface area (TPSA) is 90.3 Å². The van der Waals surface area contributed by atoms with Crippen LogP contribution in [0.3, 0.4) is 0 Å². The maximum atomic E-state index is 13.1. The SMILES string of the molecule is C[C@H](OC(=O)Cn1cnc2ccccc2c1=O)C(=O)Nc1cccc(F)c1. The Morgan fingerprint density at radius 2 is 2.00 bits per heavy atom. The maximum absolute atomic E-state index is 13.1. The minimum absolute atomic E-state index is 0.248. The fourth-order valence-electron chi connectivity index (χ4n) is 2.46. The second kappa shape index (κ2) is 7.77. The molecule has 0 spiro atoms. The van der Waals surface area contributed by atoms with Gasteiger partial charge in [-0.05, 0) is 37.3 Å². The van der Waals surface area contributed by atoms with E-state index < -0.39 is 23.8 Å². The number of hydrogen-bond donors (Lipinski definition) is 1. The van der Waals surface area contributed by atoms with Gasteiger partial charge in [-0.25, -0.2) is 9.37 Å². The number of hydrogen-bond acceptors (Lipinski definition) is 5. The van der Waals surface area contributed by atoms with Crippen molar-refractivity contribution >= 4 is 28.5 Å². The lowest BCUT2D eigenvalue weighted by Gasteiger charge is -2.14. The van der Waals surface area contributed by atoms with Crippen molar-refractivity contribution in [2.75, 3.05) is 5.32 Å². The minimum Gasteiger partial charge on any atom is -0.451 e. The van der Waals surface area contributed by atoms with E-state index in [9.17, 15) is 18.8 Å². The molecule has 0 bridgehead atoms. The third kappa shape index (κ3) is 4.35. The van der Waals surface area contributed by atoms with Gasteiger partial charge in [0.2, 0.25) is 0 Å². The van der Waals surface area contributed by atoms with Gasteiger partial charge in [0.05, 0.1) is 17.2 Å². The number of ether oxygens (including phenoxy) is 1. The molecular formula is C19H16FN3O4. The van der Waals surface area contributed by atoms with Gasteiger partial charge in [0.1, 0.15) is 12.4 Å². The monoisotopic (exact) mass is 369 g/mol. The average Bonchev–Trinajstić information content (AvgIpc) is 2.64. The summed E-state index contributed by atoms with van der Waals surface area (Å²) in [4.78, 5) is 40.6. The Balaban J connectivity index is 1.64. The second-order valence-electron chi connectivity index (χ2n) is 5.83. The molecule has 138 valence electrons. The van der Waals surface area contributed by atoms with Crippen LogP contribution in [0, 0.1) is 5.82 Å². The van der Waals surface area contributed by atoms with Crippen molar-refractivity contribution in [2.45, 2.75) is 19.6 Å². The number of halogens is 1. The normalized spacial score (nSPS) is 11.8. The van der Waals surface area contributed by atoms with Gasteiger partial charge >= 0.3 is 5.97 Å². The highest BCUT2D eigenvalue weighted by Crippen LogP contribution is 2.10. The summed E-state index contributed by atoms with van der Waals surface area (Å²) in [5, 5.41) is 2.83. The molecule has 3 aromatic rings. The predicted octanol–water partition coefficient (Wildman–Crippen LogP) is 2.11. The van der Waals surface area contributed by atoms with Crippen LogP contribution in [0.1, 0.15) is 6.92 Å². The summed E-state index contributed by atoms with van der Waals surface area (Å²) < 4.78 is 19.3. The fraction of sp³-hybridized carbons (Fsp3) is 0.158. The van der Waals surface area contributed by atoms with Gasteiger partial charge in [-0.15, -0.1) is 0 Å². The molecule has 1 heterocycles. The van der Waals surface area contributed by atoms with Crippen molar-refractivity contribution in [1.29, 1.82) is 0 Å². The number of nitrogens with zero attached hydrogens (tertiary/aromatic N) is 2. The molecule has 27 heavy (non-hydrogen) atoms. The average molecular weight is 369 g/mol. The largest absolute Gasteiger partial charge is 0.451 e. The van der Waals surface area contributed by atoms with E-state index in [1.54, 1.807) is 24.3 Å². The Morgan fingerprint density at radius 3 is 2.78 bits per heavy atom. The summed E-state index contributed by atoms with van der Waals surface area (Å²) in [6, 6.07) is 12.1. The Kier molecular flexibility index (Phi) is 5.25. The molecule has 2 aromatic carbocycles. The summed E-state index contributed by atoms with van der Waals surface area (Å²) in [5.74, 6) is -1.88. The third-order valence-corrected chi connectivity index (χ3v) is 3.80. The molecule has 1 atom stereocenters. The highest BCUT2D eigenvalue weighted by molar-refractivity contribution is 5.95. The number of nitrogens with one attached hydrogen (secondary N) is 1. The number of carbonyl (C=O) groups excluding carboxylic acids is 2. The summed E-state index contributed by atoms with van der Waals surface area (Å²) in [5.41, 5.74) is 0.391. The molecule has 3 rings (SSSR count). The number of benzene rings is 2. The van der Waals surface area contributed by atoms with Crippen LogP contribution in [0.15, 0.2) is 59.7 Å². The lowest BCUT2D eigenvalue weighted by atomic mass is 10.2. The van der Waals surface area contributed by atoms with Gasteiger partial charge in [0, 0.05) is 5.69 Å². The number of para-hydroxylation sites is 1. The van der Waals surface area contributed by atoms with Gasteiger partial charge in [-0.2, -0.15) is 0 Å². The lowest BCUT2D eigenvalue weighted by molar-refractivity contribution is -0.153. The molecule has 1 aromatic heterocycles. The molecule has 0 aliphatic heterocycles. The van der Waals surface area contributed by atoms with Crippen LogP contribution < -0.4 is 10.9 Å². The van der Waals surface area contributed by atoms with E-state index in [1.165, 1.54) is 31.5 Å². The predicted molar refractivity (Wildman–Crippen MR) is 96.6 cm³/mol. The zero-order valence-electron chi connectivity index (χ0n) is 14.4. The molecule has 7 nitrogen and oxygen atoms in total. The molecule has 1 N–H and O–H groups in total. The first-order valence-electron chi connectivity index (χ1n) is 8.14. The fourth-order valence-corrected chi connectivity index (χ4v) is 2.46. The van der Waals surface area contributed by atoms with Crippen LogP contribution in [0.25, 0.3) is 10.9 Å². The van der Waals surface area contributed by atoms with Crippen LogP contribution in [0.5, 0.6) is 0 Å². The Bertz CT molecular complexity index is 1060. The number of carbonyl (C=O) groups is 2. The summed E-state index contributed by atoms with van der Waals surface area (Å²) in [6.45, 7) is 1.00. The smallest absolute Gasteiger partial charge is 0.326 e. The molecule has 0 radical (unpaired) electrons. The van der Waals surface area contributed by atoms with Crippen molar-refractivity contribution in [1.82, 2.24) is 9.55 Å². The standard InChI is InChI=1S/C19H16FN3O4/c1-12(18(25)22-14-6-4-5-13(20)9-14)27-17(24)10-23-11-21-16-8-3-2-7-15(16)19(23)26/h2-9,11-12H,10H2,1H3,(H,22,25)/t12-/m0/s1. The number of amides is 1. The first-order valence-corrected chi connectivity index (χ1v) is 8.14.